The van der Waals surface area contributed by atoms with Gasteiger partial charge in [-0.15, -0.1) is 0 Å². The van der Waals surface area contributed by atoms with Crippen molar-refractivity contribution in [1.82, 2.24) is 38.7 Å². The van der Waals surface area contributed by atoms with Crippen LogP contribution in [0, 0.1) is 13.8 Å². The van der Waals surface area contributed by atoms with Crippen LogP contribution in [0.1, 0.15) is 69.4 Å². The molecule has 0 radical (unpaired) electrons. The molecule has 4 aromatic heterocycles. The molecule has 0 spiro atoms. The topological polar surface area (TPSA) is 225 Å². The predicted octanol–water partition coefficient (Wildman–Crippen LogP) is 3.38. The van der Waals surface area contributed by atoms with Crippen LogP contribution in [0.5, 0.6) is 5.75 Å². The van der Waals surface area contributed by atoms with Crippen LogP contribution in [-0.2, 0) is 31.0 Å². The summed E-state index contributed by atoms with van der Waals surface area (Å²) in [5, 5.41) is 14.6. The van der Waals surface area contributed by atoms with Gasteiger partial charge in [0, 0.05) is 31.7 Å². The van der Waals surface area contributed by atoms with Crippen molar-refractivity contribution in [1.29, 1.82) is 0 Å². The van der Waals surface area contributed by atoms with Crippen molar-refractivity contribution in [3.8, 4) is 5.75 Å². The van der Waals surface area contributed by atoms with Crippen molar-refractivity contribution < 1.29 is 23.9 Å². The van der Waals surface area contributed by atoms with Gasteiger partial charge in [0.15, 0.2) is 6.61 Å². The summed E-state index contributed by atoms with van der Waals surface area (Å²) in [4.78, 5) is 59.7. The number of primary amides is 2. The van der Waals surface area contributed by atoms with Crippen molar-refractivity contribution in [2.75, 3.05) is 17.2 Å². The lowest BCUT2D eigenvalue weighted by atomic mass is 10.2. The monoisotopic (exact) mass is 708 g/mol. The zero-order valence-corrected chi connectivity index (χ0v) is 29.3. The first kappa shape index (κ1) is 35.3. The van der Waals surface area contributed by atoms with Crippen molar-refractivity contribution in [2.45, 2.75) is 66.7 Å². The molecule has 6 aromatic rings. The minimum atomic E-state index is -0.632. The molecule has 6 rings (SSSR count). The summed E-state index contributed by atoms with van der Waals surface area (Å²) in [6, 6.07) is 13.7. The Morgan fingerprint density at radius 1 is 0.750 bits per heavy atom. The van der Waals surface area contributed by atoms with Crippen LogP contribution in [0.3, 0.4) is 0 Å². The number of amides is 4. The average Bonchev–Trinajstić information content (AvgIpc) is 3.87. The van der Waals surface area contributed by atoms with E-state index in [0.717, 1.165) is 0 Å². The van der Waals surface area contributed by atoms with E-state index in [9.17, 15) is 19.2 Å². The highest BCUT2D eigenvalue weighted by Gasteiger charge is 2.22. The SMILES string of the molecule is CCn1nc(C)cc1C(=O)Nc1nc2cc(C(N)=O)ccc2n1CCCCn1c(NC(=O)c2cc(C)nn2CC)nc2c(OCC(N)=O)cccc21. The number of aromatic nitrogens is 8. The van der Waals surface area contributed by atoms with Crippen LogP contribution in [0.4, 0.5) is 11.9 Å². The van der Waals surface area contributed by atoms with Crippen LogP contribution < -0.4 is 26.8 Å². The largest absolute Gasteiger partial charge is 0.481 e. The number of benzene rings is 2. The average molecular weight is 709 g/mol. The molecule has 270 valence electrons. The molecule has 4 heterocycles. The number of ether oxygens (including phenoxy) is 1. The molecule has 0 unspecified atom stereocenters. The maximum absolute atomic E-state index is 13.5. The number of carbonyl (C=O) groups is 4. The molecule has 0 saturated carbocycles. The van der Waals surface area contributed by atoms with Crippen molar-refractivity contribution >= 4 is 57.6 Å². The molecule has 0 bridgehead atoms. The lowest BCUT2D eigenvalue weighted by Crippen LogP contribution is -2.20. The highest BCUT2D eigenvalue weighted by Crippen LogP contribution is 2.30. The number of hydrogen-bond donors (Lipinski definition) is 4. The number of nitrogens with zero attached hydrogens (tertiary/aromatic N) is 8. The Balaban J connectivity index is 1.28. The molecule has 0 saturated heterocycles. The predicted molar refractivity (Wildman–Crippen MR) is 193 cm³/mol. The minimum absolute atomic E-state index is 0.291. The molecule has 17 nitrogen and oxygen atoms in total. The van der Waals surface area contributed by atoms with Gasteiger partial charge in [-0.3, -0.25) is 39.2 Å². The van der Waals surface area contributed by atoms with Gasteiger partial charge in [-0.25, -0.2) is 9.97 Å². The van der Waals surface area contributed by atoms with Crippen molar-refractivity contribution in [3.63, 3.8) is 0 Å². The van der Waals surface area contributed by atoms with Gasteiger partial charge in [-0.05, 0) is 83.0 Å². The molecule has 0 aliphatic heterocycles. The highest BCUT2D eigenvalue weighted by atomic mass is 16.5. The fourth-order valence-electron chi connectivity index (χ4n) is 6.12. The zero-order chi connectivity index (χ0) is 37.1. The summed E-state index contributed by atoms with van der Waals surface area (Å²) in [6.07, 6.45) is 1.23. The van der Waals surface area contributed by atoms with Gasteiger partial charge < -0.3 is 25.3 Å². The van der Waals surface area contributed by atoms with Gasteiger partial charge in [-0.2, -0.15) is 10.2 Å². The van der Waals surface area contributed by atoms with Gasteiger partial charge >= 0.3 is 0 Å². The van der Waals surface area contributed by atoms with Crippen LogP contribution in [-0.4, -0.2) is 68.9 Å². The van der Waals surface area contributed by atoms with E-state index in [2.05, 4.69) is 25.8 Å². The van der Waals surface area contributed by atoms with E-state index in [0.29, 0.717) is 107 Å². The smallest absolute Gasteiger partial charge is 0.276 e. The number of nitrogens with one attached hydrogen (secondary N) is 2. The van der Waals surface area contributed by atoms with E-state index in [1.165, 1.54) is 0 Å². The Bertz CT molecular complexity index is 2330. The van der Waals surface area contributed by atoms with Gasteiger partial charge in [0.2, 0.25) is 17.8 Å². The fourth-order valence-corrected chi connectivity index (χ4v) is 6.12. The summed E-state index contributed by atoms with van der Waals surface area (Å²) < 4.78 is 12.7. The lowest BCUT2D eigenvalue weighted by Gasteiger charge is -2.13. The summed E-state index contributed by atoms with van der Waals surface area (Å²) >= 11 is 0. The number of hydrogen-bond acceptors (Lipinski definition) is 9. The molecule has 0 aliphatic rings. The Morgan fingerprint density at radius 2 is 1.33 bits per heavy atom. The third-order valence-electron chi connectivity index (χ3n) is 8.48. The number of nitrogens with two attached hydrogens (primary N) is 2. The summed E-state index contributed by atoms with van der Waals surface area (Å²) in [7, 11) is 0. The quantitative estimate of drug-likeness (QED) is 0.115. The third-order valence-corrected chi connectivity index (χ3v) is 8.48. The van der Waals surface area contributed by atoms with Gasteiger partial charge in [0.05, 0.1) is 27.9 Å². The van der Waals surface area contributed by atoms with E-state index in [-0.39, 0.29) is 18.4 Å². The van der Waals surface area contributed by atoms with E-state index >= 15 is 0 Å². The van der Waals surface area contributed by atoms with E-state index in [1.54, 1.807) is 51.8 Å². The number of carbonyl (C=O) groups excluding carboxylic acids is 4. The van der Waals surface area contributed by atoms with E-state index in [4.69, 9.17) is 21.2 Å². The van der Waals surface area contributed by atoms with Crippen LogP contribution in [0.15, 0.2) is 48.5 Å². The Labute approximate surface area is 297 Å². The Kier molecular flexibility index (Phi) is 10.0. The van der Waals surface area contributed by atoms with Gasteiger partial charge in [0.1, 0.15) is 22.7 Å². The number of aryl methyl sites for hydroxylation is 6. The molecule has 52 heavy (non-hydrogen) atoms. The first-order valence-corrected chi connectivity index (χ1v) is 16.9. The summed E-state index contributed by atoms with van der Waals surface area (Å²) in [5.41, 5.74) is 15.7. The van der Waals surface area contributed by atoms with Crippen LogP contribution >= 0.6 is 0 Å². The molecule has 6 N–H and O–H groups in total. The van der Waals surface area contributed by atoms with Crippen molar-refractivity contribution in [3.05, 3.63) is 76.9 Å². The number of imidazole rings is 2. The van der Waals surface area contributed by atoms with Crippen LogP contribution in [0.25, 0.3) is 22.1 Å². The number of unbranched alkanes of at least 4 members (excludes halogenated alkanes) is 1. The molecule has 0 aliphatic carbocycles. The normalized spacial score (nSPS) is 11.3. The molecule has 0 atom stereocenters. The second-order valence-corrected chi connectivity index (χ2v) is 12.2. The Hall–Kier alpha value is -6.52. The Morgan fingerprint density at radius 3 is 1.88 bits per heavy atom. The van der Waals surface area contributed by atoms with Crippen molar-refractivity contribution in [2.24, 2.45) is 11.5 Å². The zero-order valence-electron chi connectivity index (χ0n) is 29.3. The molecular weight excluding hydrogens is 668 g/mol. The van der Waals surface area contributed by atoms with E-state index < -0.39 is 11.8 Å². The van der Waals surface area contributed by atoms with Crippen LogP contribution in [0.2, 0.25) is 0 Å². The molecule has 17 heteroatoms. The molecule has 2 aromatic carbocycles. The first-order chi connectivity index (χ1) is 25.0. The van der Waals surface area contributed by atoms with Gasteiger partial charge in [-0.1, -0.05) is 6.07 Å². The number of rotatable bonds is 15. The number of anilines is 2. The molecular formula is C35H40N12O5. The maximum atomic E-state index is 13.5. The first-order valence-electron chi connectivity index (χ1n) is 16.9. The molecule has 4 amide bonds. The van der Waals surface area contributed by atoms with E-state index in [1.807, 2.05) is 42.9 Å². The molecule has 0 fully saturated rings. The van der Waals surface area contributed by atoms with Gasteiger partial charge in [0.25, 0.3) is 17.7 Å². The second kappa shape index (κ2) is 14.8. The second-order valence-electron chi connectivity index (χ2n) is 12.2. The minimum Gasteiger partial charge on any atom is -0.481 e. The maximum Gasteiger partial charge on any atom is 0.276 e. The fraction of sp³-hybridized carbons (Fsp3) is 0.314. The third kappa shape index (κ3) is 7.19. The number of fused-ring (bicyclic) bond motifs is 2. The lowest BCUT2D eigenvalue weighted by molar-refractivity contribution is -0.119. The summed E-state index contributed by atoms with van der Waals surface area (Å²) in [5.74, 6) is -1.01. The highest BCUT2D eigenvalue weighted by molar-refractivity contribution is 6.04. The number of para-hydroxylation sites is 1. The summed E-state index contributed by atoms with van der Waals surface area (Å²) in [6.45, 7) is 9.02. The standard InChI is InChI=1S/C35H40N12O5/c1-5-46-26(16-20(3)42-46)32(50)40-34-38-23-18-22(31(37)49)12-13-24(23)44(34)14-7-8-15-45-25-10-9-11-28(52-19-29(36)48)30(25)39-35(45)41-33(51)27-17-21(4)43-47(27)6-2/h9-13,16-18H,5-8,14-15,19H2,1-4H3,(H2,36,48)(H2,37,49)(H,38,40,50)(H,39,41,51).